The molecule has 9 atom stereocenters. The molecule has 0 bridgehead atoms. The standard InChI is InChI=1S/C20H40N6O6/c1-25-15-17(29)18(14(24)16(28)19(15)30-2)32-20-12(6-5-11(9-22)31-20)26-13(27)8-10(23)4-3-7-21/h5,10,12,14-20,25,28-29H,3-4,6-9,21-24H2,1-2H3,(H,26,27). The van der Waals surface area contributed by atoms with Crippen LogP contribution < -0.4 is 33.6 Å². The molecule has 1 aliphatic heterocycles. The molecule has 12 N–H and O–H groups in total. The van der Waals surface area contributed by atoms with Crippen LogP contribution in [-0.2, 0) is 19.0 Å². The molecule has 9 unspecified atom stereocenters. The Balaban J connectivity index is 2.11. The van der Waals surface area contributed by atoms with Gasteiger partial charge in [0.2, 0.25) is 12.2 Å². The average molecular weight is 461 g/mol. The van der Waals surface area contributed by atoms with Crippen molar-refractivity contribution < 1.29 is 29.2 Å². The van der Waals surface area contributed by atoms with E-state index >= 15 is 0 Å². The number of likely N-dealkylation sites (N-methyl/N-ethyl adjacent to an activating group) is 1. The minimum Gasteiger partial charge on any atom is -0.466 e. The highest BCUT2D eigenvalue weighted by molar-refractivity contribution is 5.77. The molecule has 12 heteroatoms. The highest BCUT2D eigenvalue weighted by Crippen LogP contribution is 2.28. The number of carbonyl (C=O) groups is 1. The zero-order valence-electron chi connectivity index (χ0n) is 18.9. The molecule has 0 aromatic heterocycles. The number of nitrogens with two attached hydrogens (primary N) is 4. The molecule has 186 valence electrons. The monoisotopic (exact) mass is 460 g/mol. The number of aliphatic hydroxyl groups is 2. The summed E-state index contributed by atoms with van der Waals surface area (Å²) >= 11 is 0. The van der Waals surface area contributed by atoms with Gasteiger partial charge in [-0.3, -0.25) is 4.79 Å². The lowest BCUT2D eigenvalue weighted by Gasteiger charge is -2.47. The van der Waals surface area contributed by atoms with Gasteiger partial charge in [-0.05, 0) is 38.9 Å². The van der Waals surface area contributed by atoms with E-state index in [0.29, 0.717) is 25.1 Å². The number of amides is 1. The highest BCUT2D eigenvalue weighted by Gasteiger charge is 2.50. The fourth-order valence-corrected chi connectivity index (χ4v) is 4.22. The average Bonchev–Trinajstić information content (AvgIpc) is 2.78. The molecular formula is C20H40N6O6. The van der Waals surface area contributed by atoms with Crippen LogP contribution in [0.15, 0.2) is 11.8 Å². The van der Waals surface area contributed by atoms with Crippen LogP contribution in [0, 0.1) is 0 Å². The Morgan fingerprint density at radius 1 is 1.31 bits per heavy atom. The first-order valence-corrected chi connectivity index (χ1v) is 11.0. The van der Waals surface area contributed by atoms with E-state index in [1.165, 1.54) is 7.11 Å². The number of ether oxygens (including phenoxy) is 3. The second kappa shape index (κ2) is 12.8. The summed E-state index contributed by atoms with van der Waals surface area (Å²) in [5.74, 6) is 0.252. The quantitative estimate of drug-likeness (QED) is 0.152. The SMILES string of the molecule is CNC1C(O)C(OC2OC(CN)=CCC2NC(=O)CC(N)CCCN)C(N)C(O)C1OC. The van der Waals surface area contributed by atoms with Crippen LogP contribution >= 0.6 is 0 Å². The zero-order valence-corrected chi connectivity index (χ0v) is 18.9. The Kier molecular flexibility index (Phi) is 10.7. The van der Waals surface area contributed by atoms with Crippen molar-refractivity contribution in [3.05, 3.63) is 11.8 Å². The van der Waals surface area contributed by atoms with E-state index in [-0.39, 0.29) is 24.9 Å². The number of hydrogen-bond donors (Lipinski definition) is 8. The second-order valence-electron chi connectivity index (χ2n) is 8.34. The predicted molar refractivity (Wildman–Crippen MR) is 118 cm³/mol. The van der Waals surface area contributed by atoms with E-state index in [4.69, 9.17) is 37.1 Å². The maximum atomic E-state index is 12.5. The van der Waals surface area contributed by atoms with Gasteiger partial charge in [-0.25, -0.2) is 0 Å². The van der Waals surface area contributed by atoms with E-state index < -0.39 is 48.8 Å². The highest BCUT2D eigenvalue weighted by atomic mass is 16.7. The third kappa shape index (κ3) is 6.59. The molecule has 2 rings (SSSR count). The van der Waals surface area contributed by atoms with Crippen LogP contribution in [0.2, 0.25) is 0 Å². The van der Waals surface area contributed by atoms with E-state index in [1.807, 2.05) is 0 Å². The number of methoxy groups -OCH3 is 1. The van der Waals surface area contributed by atoms with Crippen LogP contribution in [0.25, 0.3) is 0 Å². The molecule has 12 nitrogen and oxygen atoms in total. The van der Waals surface area contributed by atoms with Crippen molar-refractivity contribution in [1.82, 2.24) is 10.6 Å². The molecule has 1 saturated carbocycles. The van der Waals surface area contributed by atoms with E-state index in [1.54, 1.807) is 13.1 Å². The molecule has 1 amide bonds. The molecule has 1 heterocycles. The van der Waals surface area contributed by atoms with Crippen LogP contribution in [0.5, 0.6) is 0 Å². The lowest BCUT2D eigenvalue weighted by molar-refractivity contribution is -0.232. The van der Waals surface area contributed by atoms with Gasteiger partial charge in [0.25, 0.3) is 0 Å². The van der Waals surface area contributed by atoms with Crippen molar-refractivity contribution in [1.29, 1.82) is 0 Å². The van der Waals surface area contributed by atoms with E-state index in [9.17, 15) is 15.0 Å². The molecule has 0 spiro atoms. The minimum atomic E-state index is -1.10. The van der Waals surface area contributed by atoms with Crippen LogP contribution in [0.1, 0.15) is 25.7 Å². The van der Waals surface area contributed by atoms with Gasteiger partial charge >= 0.3 is 0 Å². The van der Waals surface area contributed by atoms with Crippen LogP contribution in [0.3, 0.4) is 0 Å². The summed E-state index contributed by atoms with van der Waals surface area (Å²) in [4.78, 5) is 12.5. The van der Waals surface area contributed by atoms with Gasteiger partial charge in [0.15, 0.2) is 0 Å². The Bertz CT molecular complexity index is 625. The molecule has 0 saturated heterocycles. The summed E-state index contributed by atoms with van der Waals surface area (Å²) < 4.78 is 17.2. The molecule has 1 aliphatic carbocycles. The van der Waals surface area contributed by atoms with E-state index in [2.05, 4.69) is 10.6 Å². The topological polar surface area (TPSA) is 213 Å². The van der Waals surface area contributed by atoms with Crippen molar-refractivity contribution in [2.24, 2.45) is 22.9 Å². The first-order chi connectivity index (χ1) is 15.3. The molecule has 0 aromatic carbocycles. The zero-order chi connectivity index (χ0) is 23.8. The maximum Gasteiger partial charge on any atom is 0.222 e. The van der Waals surface area contributed by atoms with Gasteiger partial charge in [-0.1, -0.05) is 0 Å². The van der Waals surface area contributed by atoms with Gasteiger partial charge in [0.05, 0.1) is 36.9 Å². The van der Waals surface area contributed by atoms with E-state index in [0.717, 1.165) is 6.42 Å². The second-order valence-corrected chi connectivity index (χ2v) is 8.34. The smallest absolute Gasteiger partial charge is 0.222 e. The molecule has 2 aliphatic rings. The Morgan fingerprint density at radius 2 is 2.03 bits per heavy atom. The summed E-state index contributed by atoms with van der Waals surface area (Å²) in [6, 6.07) is -2.43. The van der Waals surface area contributed by atoms with Gasteiger partial charge in [-0.2, -0.15) is 0 Å². The summed E-state index contributed by atoms with van der Waals surface area (Å²) in [6.45, 7) is 0.666. The minimum absolute atomic E-state index is 0.137. The molecule has 0 radical (unpaired) electrons. The number of nitrogens with one attached hydrogen (secondary N) is 2. The molecule has 1 fully saturated rings. The Hall–Kier alpha value is -1.35. The van der Waals surface area contributed by atoms with Crippen molar-refractivity contribution in [3.63, 3.8) is 0 Å². The van der Waals surface area contributed by atoms with Crippen molar-refractivity contribution in [2.75, 3.05) is 27.2 Å². The molecule has 0 aromatic rings. The van der Waals surface area contributed by atoms with Gasteiger partial charge in [0, 0.05) is 19.6 Å². The Labute approximate surface area is 189 Å². The van der Waals surface area contributed by atoms with Crippen molar-refractivity contribution in [3.8, 4) is 0 Å². The Morgan fingerprint density at radius 3 is 2.62 bits per heavy atom. The number of aliphatic hydroxyl groups excluding tert-OH is 2. The van der Waals surface area contributed by atoms with Gasteiger partial charge < -0.3 is 58.0 Å². The van der Waals surface area contributed by atoms with Crippen LogP contribution in [-0.4, -0.2) is 98.2 Å². The van der Waals surface area contributed by atoms with Gasteiger partial charge in [-0.15, -0.1) is 0 Å². The maximum absolute atomic E-state index is 12.5. The summed E-state index contributed by atoms with van der Waals surface area (Å²) in [6.07, 6.45) is -1.13. The third-order valence-corrected chi connectivity index (χ3v) is 6.04. The fraction of sp³-hybridized carbons (Fsp3) is 0.850. The van der Waals surface area contributed by atoms with Crippen molar-refractivity contribution in [2.45, 2.75) is 80.6 Å². The van der Waals surface area contributed by atoms with Crippen molar-refractivity contribution >= 4 is 5.91 Å². The number of carbonyl (C=O) groups excluding carboxylic acids is 1. The summed E-state index contributed by atoms with van der Waals surface area (Å²) in [5.41, 5.74) is 23.4. The van der Waals surface area contributed by atoms with Gasteiger partial charge in [0.1, 0.15) is 18.0 Å². The first-order valence-electron chi connectivity index (χ1n) is 11.0. The summed E-state index contributed by atoms with van der Waals surface area (Å²) in [5, 5.41) is 27.3. The largest absolute Gasteiger partial charge is 0.466 e. The normalized spacial score (nSPS) is 36.2. The fourth-order valence-electron chi connectivity index (χ4n) is 4.22. The summed E-state index contributed by atoms with van der Waals surface area (Å²) in [7, 11) is 3.08. The number of hydrogen-bond acceptors (Lipinski definition) is 11. The molecule has 32 heavy (non-hydrogen) atoms. The number of rotatable bonds is 11. The lowest BCUT2D eigenvalue weighted by Crippen LogP contribution is -2.71. The lowest BCUT2D eigenvalue weighted by atomic mass is 9.81. The first kappa shape index (κ1) is 26.9. The third-order valence-electron chi connectivity index (χ3n) is 6.04. The molecular weight excluding hydrogens is 420 g/mol. The predicted octanol–water partition coefficient (Wildman–Crippen LogP) is -3.43. The van der Waals surface area contributed by atoms with Crippen LogP contribution in [0.4, 0.5) is 0 Å².